The van der Waals surface area contributed by atoms with Crippen LogP contribution < -0.4 is 0 Å². The summed E-state index contributed by atoms with van der Waals surface area (Å²) in [6.45, 7) is 9.13. The van der Waals surface area contributed by atoms with E-state index in [1.54, 1.807) is 6.08 Å². The standard InChI is InChI=1S/C30H44O7/c1-19-7-10-27-29(36-27)18-28(26(32)9-8-23-14-20(2)11-12-34-23)37-30(33)17-22(31)16-25-6-4-5-24(35-25)15-21(3)13-19/h4,6,8-9,11,21-29,31-32H,1,5,7,10,12-18H2,2-3H3/b9-8+/t21-,22+,23+,24-,25-,26-,27-,28-,29-/m0/s1. The van der Waals surface area contributed by atoms with Crippen LogP contribution in [-0.4, -0.2) is 71.6 Å². The number of esters is 1. The number of fused-ring (bicyclic) bond motifs is 3. The van der Waals surface area contributed by atoms with Gasteiger partial charge in [-0.25, -0.2) is 0 Å². The van der Waals surface area contributed by atoms with Crippen molar-refractivity contribution in [1.82, 2.24) is 0 Å². The molecule has 2 bridgehead atoms. The molecule has 206 valence electrons. The van der Waals surface area contributed by atoms with Gasteiger partial charge in [-0.2, -0.15) is 0 Å². The Morgan fingerprint density at radius 3 is 2.78 bits per heavy atom. The molecule has 0 unspecified atom stereocenters. The molecule has 0 aromatic heterocycles. The lowest BCUT2D eigenvalue weighted by atomic mass is 9.91. The van der Waals surface area contributed by atoms with Gasteiger partial charge in [-0.05, 0) is 51.4 Å². The zero-order chi connectivity index (χ0) is 26.4. The first-order chi connectivity index (χ1) is 17.7. The minimum Gasteiger partial charge on any atom is -0.459 e. The molecule has 4 aliphatic rings. The van der Waals surface area contributed by atoms with Crippen molar-refractivity contribution in [1.29, 1.82) is 0 Å². The van der Waals surface area contributed by atoms with Gasteiger partial charge < -0.3 is 29.2 Å². The zero-order valence-electron chi connectivity index (χ0n) is 22.3. The van der Waals surface area contributed by atoms with Crippen LogP contribution in [0.3, 0.4) is 0 Å². The summed E-state index contributed by atoms with van der Waals surface area (Å²) in [5, 5.41) is 21.5. The molecule has 0 aromatic rings. The van der Waals surface area contributed by atoms with Crippen molar-refractivity contribution in [3.05, 3.63) is 48.1 Å². The largest absolute Gasteiger partial charge is 0.459 e. The van der Waals surface area contributed by atoms with Crippen molar-refractivity contribution in [2.24, 2.45) is 5.92 Å². The fraction of sp³-hybridized carbons (Fsp3) is 0.700. The Labute approximate surface area is 221 Å². The van der Waals surface area contributed by atoms with Gasteiger partial charge in [-0.15, -0.1) is 0 Å². The number of aliphatic hydroxyl groups is 2. The first-order valence-electron chi connectivity index (χ1n) is 13.9. The lowest BCUT2D eigenvalue weighted by Crippen LogP contribution is -2.34. The molecule has 7 nitrogen and oxygen atoms in total. The highest BCUT2D eigenvalue weighted by Crippen LogP contribution is 2.34. The van der Waals surface area contributed by atoms with E-state index in [4.69, 9.17) is 18.9 Å². The van der Waals surface area contributed by atoms with Gasteiger partial charge in [0, 0.05) is 12.8 Å². The van der Waals surface area contributed by atoms with Gasteiger partial charge in [0.05, 0.1) is 49.7 Å². The van der Waals surface area contributed by atoms with Crippen molar-refractivity contribution >= 4 is 5.97 Å². The molecule has 4 heterocycles. The van der Waals surface area contributed by atoms with Crippen LogP contribution in [0.5, 0.6) is 0 Å². The topological polar surface area (TPSA) is 97.8 Å². The average Bonchev–Trinajstić information content (AvgIpc) is 3.58. The molecule has 2 fully saturated rings. The van der Waals surface area contributed by atoms with Crippen LogP contribution in [0.2, 0.25) is 0 Å². The Kier molecular flexibility index (Phi) is 10.2. The maximum Gasteiger partial charge on any atom is 0.308 e. The first-order valence-corrected chi connectivity index (χ1v) is 13.9. The molecule has 4 aliphatic heterocycles. The molecule has 0 spiro atoms. The lowest BCUT2D eigenvalue weighted by molar-refractivity contribution is -0.156. The first kappa shape index (κ1) is 28.2. The van der Waals surface area contributed by atoms with Gasteiger partial charge in [-0.1, -0.05) is 55.0 Å². The van der Waals surface area contributed by atoms with Crippen molar-refractivity contribution in [2.45, 2.75) is 120 Å². The summed E-state index contributed by atoms with van der Waals surface area (Å²) in [6, 6.07) is 0. The number of epoxide rings is 1. The highest BCUT2D eigenvalue weighted by Gasteiger charge is 2.42. The minimum atomic E-state index is -0.993. The second-order valence-electron chi connectivity index (χ2n) is 11.4. The summed E-state index contributed by atoms with van der Waals surface area (Å²) in [5.74, 6) is -0.0765. The van der Waals surface area contributed by atoms with Crippen LogP contribution >= 0.6 is 0 Å². The van der Waals surface area contributed by atoms with Crippen LogP contribution in [0.1, 0.15) is 71.6 Å². The van der Waals surface area contributed by atoms with E-state index < -0.39 is 24.3 Å². The molecule has 2 N–H and O–H groups in total. The Morgan fingerprint density at radius 2 is 1.97 bits per heavy atom. The summed E-state index contributed by atoms with van der Waals surface area (Å²) in [5.41, 5.74) is 2.46. The maximum atomic E-state index is 12.8. The minimum absolute atomic E-state index is 0.0658. The SMILES string of the molecule is C=C1CC[C@@H]2O[C@H]2C[C@@H]([C@@H](O)/C=C/[C@@H]2CC(C)=CCO2)OC(=O)C[C@H](O)C[C@@H]2C=CC[C@@H](C[C@@H](C)C1)O2. The number of rotatable bonds is 3. The Hall–Kier alpha value is -1.77. The van der Waals surface area contributed by atoms with Crippen molar-refractivity contribution < 1.29 is 34.0 Å². The second kappa shape index (κ2) is 13.3. The molecular weight excluding hydrogens is 472 g/mol. The van der Waals surface area contributed by atoms with E-state index in [2.05, 4.69) is 26.5 Å². The summed E-state index contributed by atoms with van der Waals surface area (Å²) in [7, 11) is 0. The van der Waals surface area contributed by atoms with Crippen LogP contribution in [0.4, 0.5) is 0 Å². The quantitative estimate of drug-likeness (QED) is 0.327. The highest BCUT2D eigenvalue weighted by atomic mass is 16.6. The molecule has 0 amide bonds. The van der Waals surface area contributed by atoms with Crippen LogP contribution in [0.15, 0.2) is 48.1 Å². The van der Waals surface area contributed by atoms with Crippen LogP contribution in [0.25, 0.3) is 0 Å². The molecule has 0 radical (unpaired) electrons. The number of cyclic esters (lactones) is 1. The summed E-state index contributed by atoms with van der Waals surface area (Å²) in [6.07, 6.45) is 12.6. The molecule has 0 aliphatic carbocycles. The summed E-state index contributed by atoms with van der Waals surface area (Å²) < 4.78 is 23.5. The highest BCUT2D eigenvalue weighted by molar-refractivity contribution is 5.70. The van der Waals surface area contributed by atoms with Crippen molar-refractivity contribution in [3.8, 4) is 0 Å². The number of carbonyl (C=O) groups is 1. The number of hydrogen-bond donors (Lipinski definition) is 2. The molecule has 9 atom stereocenters. The number of carbonyl (C=O) groups excluding carboxylic acids is 1. The van der Waals surface area contributed by atoms with E-state index in [0.29, 0.717) is 25.4 Å². The maximum absolute atomic E-state index is 12.8. The third kappa shape index (κ3) is 9.18. The van der Waals surface area contributed by atoms with E-state index in [9.17, 15) is 15.0 Å². The Morgan fingerprint density at radius 1 is 1.14 bits per heavy atom. The van der Waals surface area contributed by atoms with Gasteiger partial charge in [0.1, 0.15) is 12.2 Å². The Bertz CT molecular complexity index is 877. The molecule has 2 saturated heterocycles. The Balaban J connectivity index is 1.41. The normalized spacial score (nSPS) is 39.2. The molecule has 37 heavy (non-hydrogen) atoms. The predicted octanol–water partition coefficient (Wildman–Crippen LogP) is 4.33. The smallest absolute Gasteiger partial charge is 0.308 e. The summed E-state index contributed by atoms with van der Waals surface area (Å²) in [4.78, 5) is 12.8. The van der Waals surface area contributed by atoms with E-state index >= 15 is 0 Å². The molecule has 0 aromatic carbocycles. The van der Waals surface area contributed by atoms with Gasteiger partial charge >= 0.3 is 5.97 Å². The van der Waals surface area contributed by atoms with Crippen LogP contribution in [-0.2, 0) is 23.7 Å². The molecule has 7 heteroatoms. The van der Waals surface area contributed by atoms with Gasteiger partial charge in [0.2, 0.25) is 0 Å². The monoisotopic (exact) mass is 516 g/mol. The third-order valence-corrected chi connectivity index (χ3v) is 7.71. The summed E-state index contributed by atoms with van der Waals surface area (Å²) >= 11 is 0. The van der Waals surface area contributed by atoms with Gasteiger partial charge in [-0.3, -0.25) is 4.79 Å². The van der Waals surface area contributed by atoms with E-state index in [-0.39, 0.29) is 36.9 Å². The predicted molar refractivity (Wildman–Crippen MR) is 141 cm³/mol. The molecule has 4 rings (SSSR count). The number of allylic oxidation sites excluding steroid dienone is 1. The van der Waals surface area contributed by atoms with Gasteiger partial charge in [0.25, 0.3) is 0 Å². The van der Waals surface area contributed by atoms with Crippen molar-refractivity contribution in [3.63, 3.8) is 0 Å². The van der Waals surface area contributed by atoms with Crippen molar-refractivity contribution in [2.75, 3.05) is 6.61 Å². The zero-order valence-corrected chi connectivity index (χ0v) is 22.3. The van der Waals surface area contributed by atoms with E-state index in [1.165, 1.54) is 11.1 Å². The number of aliphatic hydroxyl groups excluding tert-OH is 2. The fourth-order valence-corrected chi connectivity index (χ4v) is 5.64. The van der Waals surface area contributed by atoms with Crippen LogP contribution in [0, 0.1) is 5.92 Å². The van der Waals surface area contributed by atoms with Gasteiger partial charge in [0.15, 0.2) is 0 Å². The number of hydrogen-bond acceptors (Lipinski definition) is 7. The molecule has 0 saturated carbocycles. The number of ether oxygens (including phenoxy) is 4. The lowest BCUT2D eigenvalue weighted by Gasteiger charge is -2.29. The van der Waals surface area contributed by atoms with E-state index in [1.807, 2.05) is 18.2 Å². The molecular formula is C30H44O7. The van der Waals surface area contributed by atoms with E-state index in [0.717, 1.165) is 38.5 Å². The second-order valence-corrected chi connectivity index (χ2v) is 11.4. The fourth-order valence-electron chi connectivity index (χ4n) is 5.64. The third-order valence-electron chi connectivity index (χ3n) is 7.71. The average molecular weight is 517 g/mol.